The number of hydrogen-bond donors (Lipinski definition) is 0. The predicted octanol–water partition coefficient (Wildman–Crippen LogP) is 13.3. The van der Waals surface area contributed by atoms with E-state index >= 15 is 0 Å². The molecule has 0 atom stereocenters. The summed E-state index contributed by atoms with van der Waals surface area (Å²) >= 11 is 0. The Morgan fingerprint density at radius 2 is 1.04 bits per heavy atom. The van der Waals surface area contributed by atoms with Crippen LogP contribution in [0.5, 0.6) is 0 Å². The summed E-state index contributed by atoms with van der Waals surface area (Å²) in [6.45, 7) is 0. The number of rotatable bonds is 7. The fraction of sp³-hybridized carbons (Fsp3) is 0. The molecule has 0 aliphatic heterocycles. The third-order valence-corrected chi connectivity index (χ3v) is 8.38. The number of anilines is 3. The molecule has 2 heteroatoms. The van der Waals surface area contributed by atoms with E-state index in [1.165, 1.54) is 0 Å². The van der Waals surface area contributed by atoms with Crippen molar-refractivity contribution < 1.29 is 24.7 Å². The van der Waals surface area contributed by atoms with E-state index in [0.29, 0.717) is 10.3 Å². The van der Waals surface area contributed by atoms with Crippen molar-refractivity contribution in [3.63, 3.8) is 0 Å². The lowest BCUT2D eigenvalue weighted by atomic mass is 10.0. The average molecular weight is 657 g/mol. The quantitative estimate of drug-likeness (QED) is 0.166. The van der Waals surface area contributed by atoms with Crippen molar-refractivity contribution in [2.24, 2.45) is 0 Å². The Balaban J connectivity index is 1.36. The molecule has 0 radical (unpaired) electrons. The zero-order valence-electron chi connectivity index (χ0n) is 44.1. The second-order valence-corrected chi connectivity index (χ2v) is 11.2. The number of benzene rings is 8. The zero-order chi connectivity index (χ0) is 48.9. The number of aromatic nitrogens is 1. The lowest BCUT2D eigenvalue weighted by Gasteiger charge is -2.28. The number of fused-ring (bicyclic) bond motifs is 3. The Labute approximate surface area is 318 Å². The highest BCUT2D eigenvalue weighted by Crippen LogP contribution is 2.42. The highest BCUT2D eigenvalue weighted by Gasteiger charge is 2.18. The molecule has 0 N–H and O–H groups in total. The first kappa shape index (κ1) is 16.2. The van der Waals surface area contributed by atoms with Crippen molar-refractivity contribution in [3.05, 3.63) is 206 Å². The Bertz CT molecular complexity index is 3540. The van der Waals surface area contributed by atoms with E-state index in [2.05, 4.69) is 4.57 Å². The van der Waals surface area contributed by atoms with Gasteiger partial charge in [0.2, 0.25) is 0 Å². The van der Waals surface area contributed by atoms with Crippen molar-refractivity contribution in [1.29, 1.82) is 0 Å². The van der Waals surface area contributed by atoms with Crippen LogP contribution >= 0.6 is 0 Å². The minimum Gasteiger partial charge on any atom is -0.310 e. The Morgan fingerprint density at radius 1 is 0.400 bits per heavy atom. The molecular formula is C48H34N2. The van der Waals surface area contributed by atoms with Gasteiger partial charge in [-0.2, -0.15) is 0 Å². The second-order valence-electron chi connectivity index (χ2n) is 11.2. The van der Waals surface area contributed by atoms with Gasteiger partial charge in [-0.05, 0) is 76.7 Å². The summed E-state index contributed by atoms with van der Waals surface area (Å²) < 4.78 is 162. The van der Waals surface area contributed by atoms with E-state index in [1.54, 1.807) is 18.2 Å². The molecule has 1 aromatic heterocycles. The highest BCUT2D eigenvalue weighted by molar-refractivity contribution is 6.11. The van der Waals surface area contributed by atoms with Crippen molar-refractivity contribution >= 4 is 38.9 Å². The van der Waals surface area contributed by atoms with E-state index in [-0.39, 0.29) is 11.1 Å². The van der Waals surface area contributed by atoms with Gasteiger partial charge in [0.15, 0.2) is 0 Å². The van der Waals surface area contributed by atoms with Gasteiger partial charge in [0.1, 0.15) is 0 Å². The van der Waals surface area contributed by atoms with E-state index < -0.39 is 137 Å². The van der Waals surface area contributed by atoms with Crippen LogP contribution in [0, 0.1) is 0 Å². The van der Waals surface area contributed by atoms with Gasteiger partial charge in [-0.3, -0.25) is 0 Å². The molecule has 0 amide bonds. The van der Waals surface area contributed by atoms with Crippen LogP contribution in [-0.4, -0.2) is 4.57 Å². The van der Waals surface area contributed by atoms with Gasteiger partial charge in [-0.15, -0.1) is 0 Å². The normalized spacial score (nSPS) is 16.2. The molecule has 50 heavy (non-hydrogen) atoms. The minimum absolute atomic E-state index is 0.200. The van der Waals surface area contributed by atoms with Crippen molar-refractivity contribution in [2.75, 3.05) is 4.90 Å². The molecule has 0 fully saturated rings. The van der Waals surface area contributed by atoms with Crippen molar-refractivity contribution in [1.82, 2.24) is 4.57 Å². The molecule has 8 aromatic carbocycles. The topological polar surface area (TPSA) is 8.17 Å². The van der Waals surface area contributed by atoms with Crippen LogP contribution in [0.1, 0.15) is 24.7 Å². The summed E-state index contributed by atoms with van der Waals surface area (Å²) in [6, 6.07) is 14.5. The van der Waals surface area contributed by atoms with Crippen LogP contribution in [0.25, 0.3) is 60.9 Å². The molecule has 0 saturated carbocycles. The predicted molar refractivity (Wildman–Crippen MR) is 212 cm³/mol. The van der Waals surface area contributed by atoms with Gasteiger partial charge in [-0.25, -0.2) is 0 Å². The number of nitrogens with zero attached hydrogens (tertiary/aromatic N) is 2. The van der Waals surface area contributed by atoms with Gasteiger partial charge in [0.25, 0.3) is 0 Å². The minimum atomic E-state index is -1.02. The van der Waals surface area contributed by atoms with Gasteiger partial charge in [-0.1, -0.05) is 151 Å². The van der Waals surface area contributed by atoms with Crippen molar-refractivity contribution in [2.45, 2.75) is 0 Å². The Morgan fingerprint density at radius 3 is 1.86 bits per heavy atom. The van der Waals surface area contributed by atoms with Gasteiger partial charge >= 0.3 is 0 Å². The number of hydrogen-bond acceptors (Lipinski definition) is 1. The highest BCUT2D eigenvalue weighted by atomic mass is 15.1. The molecule has 9 aromatic rings. The molecule has 2 nitrogen and oxygen atoms in total. The van der Waals surface area contributed by atoms with Crippen LogP contribution < -0.4 is 4.90 Å². The SMILES string of the molecule is [2H]c1c([2H])c([2H])c(-c2c([2H])c([2H])c([2H])c([2H])c2N(c2c([2H])c([2H])c([2H])c([2H])c2[2H])c2c([2H])c([2H])c(-c3ccc4c(c3)c3ccccc3n4-c3ccccc3-c3ccccc3)c([2H])c2[2H])c([2H])c1[2H]. The molecule has 0 spiro atoms. The second kappa shape index (κ2) is 12.8. The summed E-state index contributed by atoms with van der Waals surface area (Å²) in [7, 11) is 0. The van der Waals surface area contributed by atoms with Crippen LogP contribution in [0.3, 0.4) is 0 Å². The monoisotopic (exact) mass is 656 g/mol. The van der Waals surface area contributed by atoms with Crippen molar-refractivity contribution in [3.8, 4) is 39.1 Å². The summed E-state index contributed by atoms with van der Waals surface area (Å²) in [5.41, 5.74) is 0.347. The Kier molecular flexibility index (Phi) is 4.13. The van der Waals surface area contributed by atoms with E-state index in [4.69, 9.17) is 17.8 Å². The summed E-state index contributed by atoms with van der Waals surface area (Å²) in [5, 5.41) is 1.51. The lowest BCUT2D eigenvalue weighted by molar-refractivity contribution is 1.18. The maximum atomic E-state index is 9.59. The first-order valence-corrected chi connectivity index (χ1v) is 15.6. The average Bonchev–Trinajstić information content (AvgIpc) is 3.67. The smallest absolute Gasteiger partial charge is 0.0645 e. The molecule has 0 saturated heterocycles. The lowest BCUT2D eigenvalue weighted by Crippen LogP contribution is -2.11. The fourth-order valence-corrected chi connectivity index (χ4v) is 6.20. The molecule has 1 heterocycles. The van der Waals surface area contributed by atoms with Gasteiger partial charge in [0.05, 0.1) is 47.1 Å². The molecular weight excluding hydrogens is 605 g/mol. The fourth-order valence-electron chi connectivity index (χ4n) is 6.20. The first-order chi connectivity index (χ1) is 32.3. The molecule has 9 rings (SSSR count). The maximum absolute atomic E-state index is 9.59. The van der Waals surface area contributed by atoms with Crippen LogP contribution in [0.15, 0.2) is 206 Å². The largest absolute Gasteiger partial charge is 0.310 e. The number of para-hydroxylation sites is 4. The summed E-state index contributed by atoms with van der Waals surface area (Å²) in [4.78, 5) is 0.583. The standard InChI is InChI=1S/C48H34N2/c1-4-16-36(17-5-1)41-22-10-13-25-45(41)49(39-20-8-3-9-21-39)40-31-28-35(29-32-40)38-30-33-48-44(34-38)43-24-12-15-27-47(43)50(48)46-26-14-11-23-42(46)37-18-6-2-7-19-37/h1-34H/i1D,3D,4D,5D,8D,9D,10D,13D,16D,17D,20D,21D,22D,25D,28D,29D,31D,32D. The maximum Gasteiger partial charge on any atom is 0.0645 e. The summed E-state index contributed by atoms with van der Waals surface area (Å²) in [6.07, 6.45) is 0. The molecule has 0 unspecified atom stereocenters. The third kappa shape index (κ3) is 5.24. The van der Waals surface area contributed by atoms with E-state index in [1.807, 2.05) is 78.9 Å². The molecule has 0 bridgehead atoms. The zero-order valence-corrected chi connectivity index (χ0v) is 26.1. The first-order valence-electron chi connectivity index (χ1n) is 24.6. The molecule has 0 aliphatic rings. The van der Waals surface area contributed by atoms with Gasteiger partial charge in [0, 0.05) is 33.3 Å². The molecule has 236 valence electrons. The summed E-state index contributed by atoms with van der Waals surface area (Å²) in [5.74, 6) is 0. The van der Waals surface area contributed by atoms with Crippen LogP contribution in [-0.2, 0) is 0 Å². The molecule has 0 aliphatic carbocycles. The third-order valence-electron chi connectivity index (χ3n) is 8.38. The Hall–Kier alpha value is -6.64. The van der Waals surface area contributed by atoms with Crippen LogP contribution in [0.4, 0.5) is 17.1 Å². The van der Waals surface area contributed by atoms with Gasteiger partial charge < -0.3 is 9.47 Å². The van der Waals surface area contributed by atoms with E-state index in [0.717, 1.165) is 33.2 Å². The van der Waals surface area contributed by atoms with Crippen LogP contribution in [0.2, 0.25) is 0 Å². The van der Waals surface area contributed by atoms with E-state index in [9.17, 15) is 6.85 Å².